The molecule has 0 aromatic heterocycles. The van der Waals surface area contributed by atoms with Crippen molar-refractivity contribution in [1.29, 1.82) is 0 Å². The summed E-state index contributed by atoms with van der Waals surface area (Å²) in [5.41, 5.74) is -1.15. The first-order chi connectivity index (χ1) is 8.98. The van der Waals surface area contributed by atoms with Crippen LogP contribution in [0.3, 0.4) is 0 Å². The van der Waals surface area contributed by atoms with Gasteiger partial charge in [-0.15, -0.1) is 0 Å². The summed E-state index contributed by atoms with van der Waals surface area (Å²) in [6.07, 6.45) is 0.355. The number of unbranched alkanes of at least 4 members (excludes halogenated alkanes) is 1. The first-order valence-electron chi connectivity index (χ1n) is 6.85. The van der Waals surface area contributed by atoms with Crippen LogP contribution in [0.15, 0.2) is 0 Å². The predicted molar refractivity (Wildman–Crippen MR) is 66.5 cm³/mol. The summed E-state index contributed by atoms with van der Waals surface area (Å²) in [6, 6.07) is 0. The Balaban J connectivity index is 2.11. The fraction of sp³-hybridized carbons (Fsp3) is 1.00. The molecule has 0 bridgehead atoms. The molecule has 0 aliphatic carbocycles. The second-order valence-corrected chi connectivity index (χ2v) is 5.61. The van der Waals surface area contributed by atoms with E-state index in [9.17, 15) is 10.2 Å². The normalized spacial score (nSPS) is 35.5. The maximum Gasteiger partial charge on any atom is 0.190 e. The van der Waals surface area contributed by atoms with Gasteiger partial charge in [-0.2, -0.15) is 0 Å². The van der Waals surface area contributed by atoms with Crippen LogP contribution in [0.2, 0.25) is 0 Å². The van der Waals surface area contributed by atoms with Crippen LogP contribution < -0.4 is 0 Å². The molecular formula is C13H24O6. The Kier molecular flexibility index (Phi) is 4.49. The number of rotatable bonds is 6. The van der Waals surface area contributed by atoms with Crippen molar-refractivity contribution >= 4 is 0 Å². The summed E-state index contributed by atoms with van der Waals surface area (Å²) in [5.74, 6) is -0.737. The fourth-order valence-corrected chi connectivity index (χ4v) is 2.56. The maximum atomic E-state index is 9.55. The highest BCUT2D eigenvalue weighted by Gasteiger charge is 2.62. The van der Waals surface area contributed by atoms with Gasteiger partial charge in [0.15, 0.2) is 12.1 Å². The lowest BCUT2D eigenvalue weighted by Crippen LogP contribution is -2.52. The van der Waals surface area contributed by atoms with Gasteiger partial charge in [-0.1, -0.05) is 13.3 Å². The van der Waals surface area contributed by atoms with Gasteiger partial charge in [0.1, 0.15) is 17.8 Å². The van der Waals surface area contributed by atoms with Crippen LogP contribution in [0.1, 0.15) is 33.6 Å². The number of aliphatic hydroxyl groups excluding tert-OH is 2. The Morgan fingerprint density at radius 2 is 1.79 bits per heavy atom. The van der Waals surface area contributed by atoms with Crippen LogP contribution in [-0.2, 0) is 18.9 Å². The number of hydrogen-bond acceptors (Lipinski definition) is 6. The topological polar surface area (TPSA) is 77.4 Å². The van der Waals surface area contributed by atoms with Crippen LogP contribution in [0.4, 0.5) is 0 Å². The monoisotopic (exact) mass is 276 g/mol. The van der Waals surface area contributed by atoms with Crippen LogP contribution in [-0.4, -0.2) is 59.9 Å². The van der Waals surface area contributed by atoms with E-state index in [4.69, 9.17) is 18.9 Å². The van der Waals surface area contributed by atoms with Gasteiger partial charge >= 0.3 is 0 Å². The molecule has 2 saturated heterocycles. The highest BCUT2D eigenvalue weighted by Crippen LogP contribution is 2.43. The first-order valence-corrected chi connectivity index (χ1v) is 6.85. The molecule has 19 heavy (non-hydrogen) atoms. The molecule has 6 heteroatoms. The molecule has 0 aromatic rings. The standard InChI is InChI=1S/C13H24O6/c1-4-5-6-16-10-9-11(18-12(2,3)17-9)19-13(10,7-14)8-15/h9-11,14-15H,4-8H2,1-3H3/t9?,10-,11+/m1/s1. The highest BCUT2D eigenvalue weighted by atomic mass is 16.8. The lowest BCUT2D eigenvalue weighted by molar-refractivity contribution is -0.257. The lowest BCUT2D eigenvalue weighted by atomic mass is 9.97. The zero-order valence-electron chi connectivity index (χ0n) is 11.8. The molecule has 2 aliphatic heterocycles. The van der Waals surface area contributed by atoms with Gasteiger partial charge in [0, 0.05) is 6.61 Å². The number of aliphatic hydroxyl groups is 2. The molecule has 2 aliphatic rings. The Bertz CT molecular complexity index is 302. The average Bonchev–Trinajstić information content (AvgIpc) is 2.80. The molecule has 0 radical (unpaired) electrons. The third-order valence-electron chi connectivity index (χ3n) is 3.59. The summed E-state index contributed by atoms with van der Waals surface area (Å²) in [7, 11) is 0. The van der Waals surface area contributed by atoms with Crippen molar-refractivity contribution in [2.75, 3.05) is 19.8 Å². The lowest BCUT2D eigenvalue weighted by Gasteiger charge is -2.33. The summed E-state index contributed by atoms with van der Waals surface area (Å²) in [4.78, 5) is 0. The smallest absolute Gasteiger partial charge is 0.190 e. The van der Waals surface area contributed by atoms with E-state index in [1.54, 1.807) is 13.8 Å². The van der Waals surface area contributed by atoms with Crippen molar-refractivity contribution in [1.82, 2.24) is 0 Å². The van der Waals surface area contributed by atoms with E-state index in [2.05, 4.69) is 6.92 Å². The Labute approximate surface area is 113 Å². The van der Waals surface area contributed by atoms with Crippen LogP contribution in [0.5, 0.6) is 0 Å². The van der Waals surface area contributed by atoms with E-state index >= 15 is 0 Å². The van der Waals surface area contributed by atoms with Crippen molar-refractivity contribution in [3.8, 4) is 0 Å². The summed E-state index contributed by atoms with van der Waals surface area (Å²) >= 11 is 0. The second kappa shape index (κ2) is 5.63. The Hall–Kier alpha value is -0.240. The minimum absolute atomic E-state index is 0.333. The summed E-state index contributed by atoms with van der Waals surface area (Å²) in [5, 5.41) is 19.1. The van der Waals surface area contributed by atoms with Gasteiger partial charge in [0.2, 0.25) is 0 Å². The third-order valence-corrected chi connectivity index (χ3v) is 3.59. The SMILES string of the molecule is CCCCO[C@@H]1C2OC(C)(C)O[C@H]2OC1(CO)CO. The quantitative estimate of drug-likeness (QED) is 0.684. The average molecular weight is 276 g/mol. The number of fused-ring (bicyclic) bond motifs is 1. The van der Waals surface area contributed by atoms with Gasteiger partial charge in [0.25, 0.3) is 0 Å². The van der Waals surface area contributed by atoms with Gasteiger partial charge in [0.05, 0.1) is 13.2 Å². The first kappa shape index (κ1) is 15.2. The van der Waals surface area contributed by atoms with Crippen LogP contribution >= 0.6 is 0 Å². The van der Waals surface area contributed by atoms with Gasteiger partial charge in [-0.05, 0) is 20.3 Å². The summed E-state index contributed by atoms with van der Waals surface area (Å²) < 4.78 is 22.9. The van der Waals surface area contributed by atoms with Crippen molar-refractivity contribution < 1.29 is 29.2 Å². The molecular weight excluding hydrogens is 252 g/mol. The molecule has 0 saturated carbocycles. The van der Waals surface area contributed by atoms with E-state index in [0.29, 0.717) is 6.61 Å². The highest BCUT2D eigenvalue weighted by molar-refractivity contribution is 5.04. The molecule has 2 rings (SSSR count). The molecule has 2 N–H and O–H groups in total. The molecule has 112 valence electrons. The molecule has 2 fully saturated rings. The minimum atomic E-state index is -1.15. The molecule has 0 amide bonds. The summed E-state index contributed by atoms with van der Waals surface area (Å²) in [6.45, 7) is 5.55. The predicted octanol–water partition coefficient (Wildman–Crippen LogP) is 0.403. The zero-order valence-corrected chi connectivity index (χ0v) is 11.8. The van der Waals surface area contributed by atoms with Crippen LogP contribution in [0, 0.1) is 0 Å². The van der Waals surface area contributed by atoms with Crippen molar-refractivity contribution in [3.05, 3.63) is 0 Å². The fourth-order valence-electron chi connectivity index (χ4n) is 2.56. The molecule has 6 nitrogen and oxygen atoms in total. The van der Waals surface area contributed by atoms with E-state index in [1.165, 1.54) is 0 Å². The largest absolute Gasteiger partial charge is 0.393 e. The van der Waals surface area contributed by atoms with E-state index < -0.39 is 29.9 Å². The molecule has 0 aromatic carbocycles. The van der Waals surface area contributed by atoms with Crippen molar-refractivity contribution in [3.63, 3.8) is 0 Å². The van der Waals surface area contributed by atoms with Gasteiger partial charge in [-0.3, -0.25) is 0 Å². The van der Waals surface area contributed by atoms with Crippen molar-refractivity contribution in [2.24, 2.45) is 0 Å². The van der Waals surface area contributed by atoms with E-state index in [0.717, 1.165) is 12.8 Å². The maximum absolute atomic E-state index is 9.55. The Morgan fingerprint density at radius 1 is 1.11 bits per heavy atom. The zero-order chi connectivity index (χ0) is 14.1. The number of hydrogen-bond donors (Lipinski definition) is 2. The molecule has 1 unspecified atom stereocenters. The number of ether oxygens (including phenoxy) is 4. The third kappa shape index (κ3) is 2.79. The van der Waals surface area contributed by atoms with Gasteiger partial charge in [-0.25, -0.2) is 0 Å². The molecule has 2 heterocycles. The Morgan fingerprint density at radius 3 is 2.37 bits per heavy atom. The minimum Gasteiger partial charge on any atom is -0.393 e. The van der Waals surface area contributed by atoms with Crippen molar-refractivity contribution in [2.45, 2.75) is 63.5 Å². The van der Waals surface area contributed by atoms with Gasteiger partial charge < -0.3 is 29.2 Å². The molecule has 0 spiro atoms. The van der Waals surface area contributed by atoms with Crippen LogP contribution in [0.25, 0.3) is 0 Å². The molecule has 3 atom stereocenters. The second-order valence-electron chi connectivity index (χ2n) is 5.61. The van der Waals surface area contributed by atoms with E-state index in [1.807, 2.05) is 0 Å². The van der Waals surface area contributed by atoms with E-state index in [-0.39, 0.29) is 13.2 Å².